The van der Waals surface area contributed by atoms with E-state index in [1.165, 1.54) is 4.68 Å². The molecule has 0 unspecified atom stereocenters. The normalized spacial score (nSPS) is 10.4. The van der Waals surface area contributed by atoms with E-state index in [1.54, 1.807) is 6.20 Å². The number of rotatable bonds is 4. The number of nitrogens with zero attached hydrogens (tertiary/aromatic N) is 3. The van der Waals surface area contributed by atoms with Crippen molar-refractivity contribution in [3.8, 4) is 0 Å². The standard InChI is InChI=1S/C6H9BrFN3/c7-2-1-6-5-11(4-3-8)10-9-6/h5H,1-4H2. The maximum atomic E-state index is 11.8. The molecule has 0 bridgehead atoms. The minimum absolute atomic E-state index is 0.301. The van der Waals surface area contributed by atoms with Crippen LogP contribution < -0.4 is 0 Å². The SMILES string of the molecule is FCCn1cc(CCBr)nn1. The Morgan fingerprint density at radius 2 is 2.45 bits per heavy atom. The second-order valence-corrected chi connectivity index (χ2v) is 2.89. The highest BCUT2D eigenvalue weighted by Crippen LogP contribution is 1.96. The maximum absolute atomic E-state index is 11.8. The van der Waals surface area contributed by atoms with Crippen LogP contribution in [0.2, 0.25) is 0 Å². The third-order valence-corrected chi connectivity index (χ3v) is 1.65. The molecule has 0 saturated carbocycles. The average molecular weight is 222 g/mol. The van der Waals surface area contributed by atoms with Gasteiger partial charge < -0.3 is 0 Å². The highest BCUT2D eigenvalue weighted by molar-refractivity contribution is 9.09. The van der Waals surface area contributed by atoms with Gasteiger partial charge in [0.25, 0.3) is 0 Å². The number of hydrogen-bond donors (Lipinski definition) is 0. The molecule has 0 radical (unpaired) electrons. The lowest BCUT2D eigenvalue weighted by atomic mass is 10.4. The lowest BCUT2D eigenvalue weighted by molar-refractivity contribution is 0.422. The number of aryl methyl sites for hydroxylation is 2. The lowest BCUT2D eigenvalue weighted by Crippen LogP contribution is -1.99. The molecule has 5 heteroatoms. The first-order chi connectivity index (χ1) is 5.36. The molecular weight excluding hydrogens is 213 g/mol. The molecule has 0 fully saturated rings. The van der Waals surface area contributed by atoms with Crippen molar-refractivity contribution in [3.05, 3.63) is 11.9 Å². The number of hydrogen-bond acceptors (Lipinski definition) is 2. The van der Waals surface area contributed by atoms with Gasteiger partial charge in [0.1, 0.15) is 6.67 Å². The van der Waals surface area contributed by atoms with Crippen molar-refractivity contribution in [3.63, 3.8) is 0 Å². The zero-order valence-corrected chi connectivity index (χ0v) is 7.59. The Morgan fingerprint density at radius 3 is 3.09 bits per heavy atom. The summed E-state index contributed by atoms with van der Waals surface area (Å²) in [5, 5.41) is 8.43. The summed E-state index contributed by atoms with van der Waals surface area (Å²) in [6, 6.07) is 0. The third kappa shape index (κ3) is 2.57. The largest absolute Gasteiger partial charge is 0.250 e. The van der Waals surface area contributed by atoms with Crippen LogP contribution in [0.25, 0.3) is 0 Å². The Balaban J connectivity index is 2.51. The van der Waals surface area contributed by atoms with Crippen LogP contribution in [0.5, 0.6) is 0 Å². The van der Waals surface area contributed by atoms with Crippen molar-refractivity contribution in [2.45, 2.75) is 13.0 Å². The molecule has 0 aliphatic rings. The van der Waals surface area contributed by atoms with Crippen LogP contribution in [0.4, 0.5) is 4.39 Å². The van der Waals surface area contributed by atoms with Crippen LogP contribution in [0.3, 0.4) is 0 Å². The molecule has 1 aromatic rings. The van der Waals surface area contributed by atoms with Crippen molar-refractivity contribution in [1.82, 2.24) is 15.0 Å². The molecular formula is C6H9BrFN3. The molecule has 3 nitrogen and oxygen atoms in total. The molecule has 0 aliphatic heterocycles. The van der Waals surface area contributed by atoms with Crippen molar-refractivity contribution >= 4 is 15.9 Å². The highest BCUT2D eigenvalue weighted by atomic mass is 79.9. The van der Waals surface area contributed by atoms with Gasteiger partial charge in [0.05, 0.1) is 12.2 Å². The second kappa shape index (κ2) is 4.43. The zero-order valence-electron chi connectivity index (χ0n) is 6.00. The Labute approximate surface area is 72.7 Å². The van der Waals surface area contributed by atoms with Gasteiger partial charge in [-0.1, -0.05) is 21.1 Å². The van der Waals surface area contributed by atoms with Crippen LogP contribution in [0.1, 0.15) is 5.69 Å². The molecule has 0 aliphatic carbocycles. The van der Waals surface area contributed by atoms with Gasteiger partial charge in [-0.25, -0.2) is 9.07 Å². The number of aromatic nitrogens is 3. The molecule has 0 N–H and O–H groups in total. The molecule has 11 heavy (non-hydrogen) atoms. The number of alkyl halides is 2. The summed E-state index contributed by atoms with van der Waals surface area (Å²) in [4.78, 5) is 0. The van der Waals surface area contributed by atoms with E-state index in [4.69, 9.17) is 0 Å². The fourth-order valence-electron chi connectivity index (χ4n) is 0.746. The minimum Gasteiger partial charge on any atom is -0.250 e. The van der Waals surface area contributed by atoms with E-state index >= 15 is 0 Å². The predicted molar refractivity (Wildman–Crippen MR) is 43.5 cm³/mol. The molecule has 1 aromatic heterocycles. The molecule has 1 rings (SSSR count). The molecule has 1 heterocycles. The summed E-state index contributed by atoms with van der Waals surface area (Å²) >= 11 is 3.28. The van der Waals surface area contributed by atoms with Crippen molar-refractivity contribution in [1.29, 1.82) is 0 Å². The maximum Gasteiger partial charge on any atom is 0.109 e. The number of halogens is 2. The molecule has 0 atom stereocenters. The summed E-state index contributed by atoms with van der Waals surface area (Å²) in [6.07, 6.45) is 2.60. The predicted octanol–water partition coefficient (Wildman–Crippen LogP) is 1.18. The van der Waals surface area contributed by atoms with E-state index in [2.05, 4.69) is 26.2 Å². The van der Waals surface area contributed by atoms with E-state index in [1.807, 2.05) is 0 Å². The molecule has 0 aromatic carbocycles. The van der Waals surface area contributed by atoms with Gasteiger partial charge in [-0.15, -0.1) is 5.10 Å². The Kier molecular flexibility index (Phi) is 3.48. The van der Waals surface area contributed by atoms with Crippen molar-refractivity contribution in [2.24, 2.45) is 0 Å². The first kappa shape index (κ1) is 8.64. The van der Waals surface area contributed by atoms with Gasteiger partial charge in [0.15, 0.2) is 0 Å². The van der Waals surface area contributed by atoms with E-state index in [-0.39, 0.29) is 0 Å². The van der Waals surface area contributed by atoms with Crippen molar-refractivity contribution in [2.75, 3.05) is 12.0 Å². The van der Waals surface area contributed by atoms with Gasteiger partial charge >= 0.3 is 0 Å². The van der Waals surface area contributed by atoms with Crippen LogP contribution >= 0.6 is 15.9 Å². The quantitative estimate of drug-likeness (QED) is 0.716. The van der Waals surface area contributed by atoms with Gasteiger partial charge in [0, 0.05) is 17.9 Å². The molecule has 0 saturated heterocycles. The Hall–Kier alpha value is -0.450. The lowest BCUT2D eigenvalue weighted by Gasteiger charge is -1.90. The molecule has 0 spiro atoms. The fourth-order valence-corrected chi connectivity index (χ4v) is 1.15. The van der Waals surface area contributed by atoms with E-state index < -0.39 is 6.67 Å². The van der Waals surface area contributed by atoms with Crippen molar-refractivity contribution < 1.29 is 4.39 Å². The second-order valence-electron chi connectivity index (χ2n) is 2.10. The minimum atomic E-state index is -0.392. The summed E-state index contributed by atoms with van der Waals surface area (Å²) < 4.78 is 13.3. The van der Waals surface area contributed by atoms with E-state index in [0.717, 1.165) is 17.4 Å². The fraction of sp³-hybridized carbons (Fsp3) is 0.667. The first-order valence-electron chi connectivity index (χ1n) is 3.37. The summed E-state index contributed by atoms with van der Waals surface area (Å²) in [7, 11) is 0. The summed E-state index contributed by atoms with van der Waals surface area (Å²) in [5.74, 6) is 0. The summed E-state index contributed by atoms with van der Waals surface area (Å²) in [6.45, 7) is -0.0909. The Morgan fingerprint density at radius 1 is 1.64 bits per heavy atom. The van der Waals surface area contributed by atoms with Crippen LogP contribution in [0, 0.1) is 0 Å². The third-order valence-electron chi connectivity index (χ3n) is 1.25. The van der Waals surface area contributed by atoms with Crippen LogP contribution in [0.15, 0.2) is 6.20 Å². The van der Waals surface area contributed by atoms with E-state index in [9.17, 15) is 4.39 Å². The van der Waals surface area contributed by atoms with Gasteiger partial charge in [0.2, 0.25) is 0 Å². The Bertz CT molecular complexity index is 193. The molecule has 0 amide bonds. The van der Waals surface area contributed by atoms with Gasteiger partial charge in [-0.05, 0) is 0 Å². The average Bonchev–Trinajstić information content (AvgIpc) is 2.38. The zero-order chi connectivity index (χ0) is 8.10. The summed E-state index contributed by atoms with van der Waals surface area (Å²) in [5.41, 5.74) is 0.898. The first-order valence-corrected chi connectivity index (χ1v) is 4.50. The topological polar surface area (TPSA) is 30.7 Å². The monoisotopic (exact) mass is 221 g/mol. The smallest absolute Gasteiger partial charge is 0.109 e. The van der Waals surface area contributed by atoms with Crippen LogP contribution in [-0.4, -0.2) is 27.0 Å². The van der Waals surface area contributed by atoms with Crippen LogP contribution in [-0.2, 0) is 13.0 Å². The van der Waals surface area contributed by atoms with E-state index in [0.29, 0.717) is 6.54 Å². The molecule has 62 valence electrons. The highest BCUT2D eigenvalue weighted by Gasteiger charge is 1.98. The van der Waals surface area contributed by atoms with Gasteiger partial charge in [-0.3, -0.25) is 0 Å². The van der Waals surface area contributed by atoms with Gasteiger partial charge in [-0.2, -0.15) is 0 Å².